The van der Waals surface area contributed by atoms with E-state index in [0.717, 1.165) is 18.5 Å². The summed E-state index contributed by atoms with van der Waals surface area (Å²) in [4.78, 5) is 0. The molecule has 0 fully saturated rings. The van der Waals surface area contributed by atoms with E-state index in [4.69, 9.17) is 11.6 Å². The summed E-state index contributed by atoms with van der Waals surface area (Å²) in [7, 11) is 0. The molecule has 0 aliphatic heterocycles. The molecule has 2 rings (SSSR count). The molecular formula is C17H19ClFN. The number of benzene rings is 2. The Balaban J connectivity index is 2.27. The molecule has 2 aromatic carbocycles. The first-order valence-electron chi connectivity index (χ1n) is 6.94. The van der Waals surface area contributed by atoms with Gasteiger partial charge in [0.25, 0.3) is 0 Å². The fraction of sp³-hybridized carbons (Fsp3) is 0.294. The molecule has 2 aromatic rings. The number of nitrogens with one attached hydrogen (secondary N) is 1. The van der Waals surface area contributed by atoms with E-state index in [0.29, 0.717) is 16.6 Å². The van der Waals surface area contributed by atoms with E-state index in [2.05, 4.69) is 31.3 Å². The lowest BCUT2D eigenvalue weighted by molar-refractivity contribution is 0.537. The molecule has 106 valence electrons. The maximum atomic E-state index is 13.9. The van der Waals surface area contributed by atoms with Crippen molar-refractivity contribution >= 4 is 11.6 Å². The number of halogens is 2. The monoisotopic (exact) mass is 291 g/mol. The van der Waals surface area contributed by atoms with Gasteiger partial charge in [-0.3, -0.25) is 0 Å². The van der Waals surface area contributed by atoms with E-state index in [-0.39, 0.29) is 5.82 Å². The summed E-state index contributed by atoms with van der Waals surface area (Å²) in [5.74, 6) is -0.288. The highest BCUT2D eigenvalue weighted by molar-refractivity contribution is 6.30. The Hall–Kier alpha value is -1.38. The van der Waals surface area contributed by atoms with Gasteiger partial charge in [-0.05, 0) is 42.3 Å². The molecule has 1 nitrogen and oxygen atoms in total. The molecular weight excluding hydrogens is 273 g/mol. The molecule has 0 aliphatic carbocycles. The standard InChI is InChI=1S/C17H19ClFN/c1-3-17(20-4-2)13-7-5-12(6-8-13)15-10-9-14(18)11-16(15)19/h5-11,17,20H,3-4H2,1-2H3. The minimum Gasteiger partial charge on any atom is -0.310 e. The van der Waals surface area contributed by atoms with Crippen LogP contribution >= 0.6 is 11.6 Å². The first-order valence-corrected chi connectivity index (χ1v) is 7.32. The molecule has 20 heavy (non-hydrogen) atoms. The van der Waals surface area contributed by atoms with Gasteiger partial charge >= 0.3 is 0 Å². The van der Waals surface area contributed by atoms with Crippen molar-refractivity contribution in [1.29, 1.82) is 0 Å². The molecule has 0 aromatic heterocycles. The van der Waals surface area contributed by atoms with Gasteiger partial charge in [-0.1, -0.05) is 49.7 Å². The second-order valence-corrected chi connectivity index (χ2v) is 5.20. The van der Waals surface area contributed by atoms with E-state index in [1.54, 1.807) is 12.1 Å². The largest absolute Gasteiger partial charge is 0.310 e. The van der Waals surface area contributed by atoms with Gasteiger partial charge < -0.3 is 5.32 Å². The van der Waals surface area contributed by atoms with E-state index < -0.39 is 0 Å². The summed E-state index contributed by atoms with van der Waals surface area (Å²) in [6.07, 6.45) is 1.03. The number of rotatable bonds is 5. The third-order valence-corrected chi connectivity index (χ3v) is 3.65. The van der Waals surface area contributed by atoms with Crippen LogP contribution in [0.5, 0.6) is 0 Å². The Bertz CT molecular complexity index is 566. The fourth-order valence-electron chi connectivity index (χ4n) is 2.36. The zero-order chi connectivity index (χ0) is 14.5. The fourth-order valence-corrected chi connectivity index (χ4v) is 2.52. The van der Waals surface area contributed by atoms with E-state index in [1.165, 1.54) is 11.6 Å². The average Bonchev–Trinajstić information content (AvgIpc) is 2.45. The molecule has 1 unspecified atom stereocenters. The molecule has 0 saturated carbocycles. The summed E-state index contributed by atoms with van der Waals surface area (Å²) in [6.45, 7) is 5.19. The molecule has 1 atom stereocenters. The van der Waals surface area contributed by atoms with Crippen molar-refractivity contribution in [3.63, 3.8) is 0 Å². The Morgan fingerprint density at radius 1 is 1.10 bits per heavy atom. The van der Waals surface area contributed by atoms with Crippen LogP contribution in [0.2, 0.25) is 5.02 Å². The number of hydrogen-bond donors (Lipinski definition) is 1. The third-order valence-electron chi connectivity index (χ3n) is 3.41. The Kier molecular flexibility index (Phi) is 5.16. The Morgan fingerprint density at radius 2 is 1.80 bits per heavy atom. The van der Waals surface area contributed by atoms with Crippen LogP contribution in [-0.2, 0) is 0 Å². The summed E-state index contributed by atoms with van der Waals surface area (Å²) < 4.78 is 13.9. The lowest BCUT2D eigenvalue weighted by Crippen LogP contribution is -2.19. The molecule has 0 amide bonds. The SMILES string of the molecule is CCNC(CC)c1ccc(-c2ccc(Cl)cc2F)cc1. The van der Waals surface area contributed by atoms with Gasteiger partial charge in [0, 0.05) is 16.6 Å². The van der Waals surface area contributed by atoms with Crippen molar-refractivity contribution in [3.8, 4) is 11.1 Å². The molecule has 0 saturated heterocycles. The van der Waals surface area contributed by atoms with Crippen molar-refractivity contribution < 1.29 is 4.39 Å². The van der Waals surface area contributed by atoms with Crippen molar-refractivity contribution in [2.24, 2.45) is 0 Å². The molecule has 0 spiro atoms. The van der Waals surface area contributed by atoms with Gasteiger partial charge in [-0.25, -0.2) is 4.39 Å². The van der Waals surface area contributed by atoms with Crippen LogP contribution in [0.4, 0.5) is 4.39 Å². The van der Waals surface area contributed by atoms with Crippen LogP contribution < -0.4 is 5.32 Å². The molecule has 0 aliphatic rings. The Morgan fingerprint density at radius 3 is 2.35 bits per heavy atom. The Labute approximate surface area is 124 Å². The van der Waals surface area contributed by atoms with E-state index in [1.807, 2.05) is 12.1 Å². The highest BCUT2D eigenvalue weighted by Gasteiger charge is 2.09. The molecule has 0 heterocycles. The first-order chi connectivity index (χ1) is 9.65. The second kappa shape index (κ2) is 6.87. The van der Waals surface area contributed by atoms with Gasteiger partial charge in [0.05, 0.1) is 0 Å². The van der Waals surface area contributed by atoms with Gasteiger partial charge in [0.1, 0.15) is 5.82 Å². The summed E-state index contributed by atoms with van der Waals surface area (Å²) in [5, 5.41) is 3.85. The summed E-state index contributed by atoms with van der Waals surface area (Å²) in [5.41, 5.74) is 2.68. The molecule has 3 heteroatoms. The van der Waals surface area contributed by atoms with Crippen LogP contribution in [0.3, 0.4) is 0 Å². The van der Waals surface area contributed by atoms with Crippen LogP contribution in [0.25, 0.3) is 11.1 Å². The zero-order valence-electron chi connectivity index (χ0n) is 11.8. The van der Waals surface area contributed by atoms with Crippen LogP contribution in [0.1, 0.15) is 31.9 Å². The van der Waals surface area contributed by atoms with Crippen LogP contribution in [0.15, 0.2) is 42.5 Å². The van der Waals surface area contributed by atoms with Crippen LogP contribution in [0, 0.1) is 5.82 Å². The minimum atomic E-state index is -0.288. The maximum Gasteiger partial charge on any atom is 0.132 e. The van der Waals surface area contributed by atoms with Crippen molar-refractivity contribution in [1.82, 2.24) is 5.32 Å². The number of hydrogen-bond acceptors (Lipinski definition) is 1. The van der Waals surface area contributed by atoms with Gasteiger partial charge in [-0.15, -0.1) is 0 Å². The lowest BCUT2D eigenvalue weighted by Gasteiger charge is -2.16. The third kappa shape index (κ3) is 3.38. The topological polar surface area (TPSA) is 12.0 Å². The first kappa shape index (κ1) is 15.0. The van der Waals surface area contributed by atoms with Gasteiger partial charge in [0.2, 0.25) is 0 Å². The van der Waals surface area contributed by atoms with E-state index in [9.17, 15) is 4.39 Å². The second-order valence-electron chi connectivity index (χ2n) is 4.76. The molecule has 0 bridgehead atoms. The highest BCUT2D eigenvalue weighted by atomic mass is 35.5. The van der Waals surface area contributed by atoms with Crippen molar-refractivity contribution in [2.75, 3.05) is 6.54 Å². The average molecular weight is 292 g/mol. The quantitative estimate of drug-likeness (QED) is 0.797. The smallest absolute Gasteiger partial charge is 0.132 e. The minimum absolute atomic E-state index is 0.288. The van der Waals surface area contributed by atoms with Crippen molar-refractivity contribution in [3.05, 3.63) is 58.9 Å². The highest BCUT2D eigenvalue weighted by Crippen LogP contribution is 2.27. The summed E-state index contributed by atoms with van der Waals surface area (Å²) in [6, 6.07) is 13.2. The van der Waals surface area contributed by atoms with Gasteiger partial charge in [-0.2, -0.15) is 0 Å². The van der Waals surface area contributed by atoms with Gasteiger partial charge in [0.15, 0.2) is 0 Å². The molecule has 1 N–H and O–H groups in total. The van der Waals surface area contributed by atoms with E-state index >= 15 is 0 Å². The lowest BCUT2D eigenvalue weighted by atomic mass is 9.99. The predicted octanol–water partition coefficient (Wildman–Crippen LogP) is 5.21. The summed E-state index contributed by atoms with van der Waals surface area (Å²) >= 11 is 5.78. The maximum absolute atomic E-state index is 13.9. The zero-order valence-corrected chi connectivity index (χ0v) is 12.5. The molecule has 0 radical (unpaired) electrons. The predicted molar refractivity (Wildman–Crippen MR) is 83.6 cm³/mol. The normalized spacial score (nSPS) is 12.4. The van der Waals surface area contributed by atoms with Crippen LogP contribution in [-0.4, -0.2) is 6.54 Å². The van der Waals surface area contributed by atoms with Crippen molar-refractivity contribution in [2.45, 2.75) is 26.3 Å².